The number of methoxy groups -OCH3 is 1. The van der Waals surface area contributed by atoms with Crippen molar-refractivity contribution in [2.75, 3.05) is 31.6 Å². The van der Waals surface area contributed by atoms with Crippen molar-refractivity contribution >= 4 is 75.0 Å². The lowest BCUT2D eigenvalue weighted by Gasteiger charge is -2.43. The number of carbonyl (C=O) groups is 8. The van der Waals surface area contributed by atoms with Gasteiger partial charge in [0, 0.05) is 79.1 Å². The summed E-state index contributed by atoms with van der Waals surface area (Å²) in [5.74, 6) is -6.12. The fraction of sp³-hybridized carbons (Fsp3) is 0.567. The van der Waals surface area contributed by atoms with Gasteiger partial charge in [0.05, 0.1) is 13.5 Å². The quantitative estimate of drug-likeness (QED) is 0.0179. The zero-order valence-electron chi connectivity index (χ0n) is 48.3. The van der Waals surface area contributed by atoms with Gasteiger partial charge in [0.1, 0.15) is 52.8 Å². The maximum Gasteiger partial charge on any atom is 0.349 e. The second-order valence-electron chi connectivity index (χ2n) is 22.0. The fourth-order valence-corrected chi connectivity index (χ4v) is 10.0. The molecule has 4 heterocycles. The highest BCUT2D eigenvalue weighted by atomic mass is 16.6. The van der Waals surface area contributed by atoms with Crippen molar-refractivity contribution in [2.45, 2.75) is 193 Å². The van der Waals surface area contributed by atoms with Crippen LogP contribution in [0.3, 0.4) is 0 Å². The van der Waals surface area contributed by atoms with Gasteiger partial charge >= 0.3 is 23.2 Å². The Morgan fingerprint density at radius 1 is 0.756 bits per heavy atom. The van der Waals surface area contributed by atoms with Gasteiger partial charge in [0.2, 0.25) is 17.7 Å². The maximum atomic E-state index is 14.3. The molecule has 0 spiro atoms. The molecule has 2 saturated heterocycles. The fourth-order valence-electron chi connectivity index (χ4n) is 10.0. The van der Waals surface area contributed by atoms with Crippen molar-refractivity contribution in [3.63, 3.8) is 0 Å². The van der Waals surface area contributed by atoms with E-state index < -0.39 is 94.3 Å². The van der Waals surface area contributed by atoms with E-state index in [0.717, 1.165) is 54.5 Å². The first-order valence-electron chi connectivity index (χ1n) is 28.9. The number of benzene rings is 2. The number of ether oxygens (including phenoxy) is 3. The van der Waals surface area contributed by atoms with E-state index in [1.807, 2.05) is 18.2 Å². The van der Waals surface area contributed by atoms with Crippen LogP contribution >= 0.6 is 0 Å². The number of unbranched alkanes of at least 4 members (excludes halogenated alkanes) is 10. The molecule has 0 saturated carbocycles. The first-order chi connectivity index (χ1) is 39.3. The summed E-state index contributed by atoms with van der Waals surface area (Å²) in [6.07, 6.45) is 12.9. The topological polar surface area (TPSA) is 283 Å². The molecule has 22 heteroatoms. The van der Waals surface area contributed by atoms with Gasteiger partial charge in [-0.3, -0.25) is 54.2 Å². The van der Waals surface area contributed by atoms with Gasteiger partial charge in [-0.25, -0.2) is 14.6 Å². The standard InChI is InChI=1S/C60H81N7O15/c1-7-9-11-13-15-17-30-65(31-18-16-14-12-10-8-2)41-25-27-43-40(34-53(71)80-49(43)35-41)38-79-52(70)23-19-22-50(68)63-64-56(74)46(37-54(72)82-60(3,4)5)62-57(75)47-21-20-32-66-51(69)29-28-45(58(76)67(47)66)61-55(73)44-33-39-24-26-42(78-6)36-48(39)81-59(44)77/h24-27,33-36,45-47H,7-23,28-32,37-38H2,1-6H3,(H,61,73)(H,62,75)(H,63,68)(H,64,74)/t45?,46-,47-/m0/s1. The predicted octanol–water partition coefficient (Wildman–Crippen LogP) is 7.34. The molecule has 2 aliphatic heterocycles. The maximum absolute atomic E-state index is 14.3. The Balaban J connectivity index is 1.04. The predicted molar refractivity (Wildman–Crippen MR) is 305 cm³/mol. The summed E-state index contributed by atoms with van der Waals surface area (Å²) in [6, 6.07) is 8.56. The van der Waals surface area contributed by atoms with Crippen molar-refractivity contribution in [1.29, 1.82) is 0 Å². The Kier molecular flexibility index (Phi) is 23.9. The van der Waals surface area contributed by atoms with Crippen LogP contribution in [0.5, 0.6) is 5.75 Å². The van der Waals surface area contributed by atoms with Crippen molar-refractivity contribution in [2.24, 2.45) is 0 Å². The number of nitrogens with one attached hydrogen (secondary N) is 4. The molecule has 0 radical (unpaired) electrons. The second-order valence-corrected chi connectivity index (χ2v) is 22.0. The molecule has 0 aliphatic carbocycles. The van der Waals surface area contributed by atoms with E-state index in [0.29, 0.717) is 27.7 Å². The molecule has 6 rings (SSSR count). The number of hydrogen-bond donors (Lipinski definition) is 4. The lowest BCUT2D eigenvalue weighted by atomic mass is 10.0. The average molecular weight is 1140 g/mol. The van der Waals surface area contributed by atoms with Crippen molar-refractivity contribution in [3.05, 3.63) is 80.5 Å². The first-order valence-corrected chi connectivity index (χ1v) is 28.9. The third-order valence-electron chi connectivity index (χ3n) is 14.3. The average Bonchev–Trinajstić information content (AvgIpc) is 3.64. The molecule has 1 unspecified atom stereocenters. The Hall–Kier alpha value is -7.78. The summed E-state index contributed by atoms with van der Waals surface area (Å²) >= 11 is 0. The van der Waals surface area contributed by atoms with Crippen LogP contribution in [0.15, 0.2) is 67.0 Å². The number of hydrogen-bond acceptors (Lipinski definition) is 16. The Bertz CT molecular complexity index is 3010. The summed E-state index contributed by atoms with van der Waals surface area (Å²) in [5.41, 5.74) is 3.46. The van der Waals surface area contributed by atoms with Crippen molar-refractivity contribution in [3.8, 4) is 5.75 Å². The summed E-state index contributed by atoms with van der Waals surface area (Å²) in [7, 11) is 1.44. The number of nitrogens with zero attached hydrogens (tertiary/aromatic N) is 3. The van der Waals surface area contributed by atoms with E-state index in [4.69, 9.17) is 23.0 Å². The van der Waals surface area contributed by atoms with E-state index in [2.05, 4.69) is 40.2 Å². The van der Waals surface area contributed by atoms with Crippen molar-refractivity contribution < 1.29 is 61.4 Å². The second kappa shape index (κ2) is 30.9. The molecule has 446 valence electrons. The first kappa shape index (κ1) is 63.4. The zero-order chi connectivity index (χ0) is 59.3. The molecule has 0 bridgehead atoms. The van der Waals surface area contributed by atoms with Gasteiger partial charge in [0.25, 0.3) is 17.7 Å². The highest BCUT2D eigenvalue weighted by Gasteiger charge is 2.45. The third kappa shape index (κ3) is 18.6. The number of rotatable bonds is 29. The number of fused-ring (bicyclic) bond motifs is 3. The molecule has 82 heavy (non-hydrogen) atoms. The van der Waals surface area contributed by atoms with Crippen LogP contribution in [0.2, 0.25) is 0 Å². The number of carbonyl (C=O) groups excluding carboxylic acids is 8. The molecule has 4 N–H and O–H groups in total. The molecule has 4 aromatic rings. The van der Waals surface area contributed by atoms with Gasteiger partial charge in [-0.15, -0.1) is 0 Å². The van der Waals surface area contributed by atoms with Crippen LogP contribution in [-0.4, -0.2) is 108 Å². The van der Waals surface area contributed by atoms with Crippen LogP contribution < -0.4 is 42.4 Å². The van der Waals surface area contributed by atoms with Gasteiger partial charge < -0.3 is 38.6 Å². The van der Waals surface area contributed by atoms with Crippen LogP contribution in [-0.2, 0) is 49.6 Å². The monoisotopic (exact) mass is 1140 g/mol. The zero-order valence-corrected chi connectivity index (χ0v) is 48.3. The summed E-state index contributed by atoms with van der Waals surface area (Å²) in [6.45, 7) is 10.8. The summed E-state index contributed by atoms with van der Waals surface area (Å²) < 4.78 is 27.2. The van der Waals surface area contributed by atoms with E-state index in [1.165, 1.54) is 76.7 Å². The number of esters is 2. The minimum absolute atomic E-state index is 0.000185. The molecule has 2 aromatic carbocycles. The smallest absolute Gasteiger partial charge is 0.349 e. The normalized spacial score (nSPS) is 15.7. The molecule has 6 amide bonds. The van der Waals surface area contributed by atoms with E-state index in [-0.39, 0.29) is 63.7 Å². The van der Waals surface area contributed by atoms with E-state index >= 15 is 0 Å². The minimum Gasteiger partial charge on any atom is -0.497 e. The van der Waals surface area contributed by atoms with E-state index in [9.17, 15) is 47.9 Å². The van der Waals surface area contributed by atoms with Gasteiger partial charge in [0.15, 0.2) is 0 Å². The summed E-state index contributed by atoms with van der Waals surface area (Å²) in [4.78, 5) is 136. The molecular weight excluding hydrogens is 1060 g/mol. The minimum atomic E-state index is -1.68. The number of hydrazine groups is 2. The summed E-state index contributed by atoms with van der Waals surface area (Å²) in [5, 5.41) is 8.09. The molecule has 2 aliphatic rings. The Labute approximate surface area is 477 Å². The molecule has 2 fully saturated rings. The van der Waals surface area contributed by atoms with Crippen LogP contribution in [0.25, 0.3) is 21.9 Å². The lowest BCUT2D eigenvalue weighted by molar-refractivity contribution is -0.176. The van der Waals surface area contributed by atoms with E-state index in [1.54, 1.807) is 32.9 Å². The van der Waals surface area contributed by atoms with Gasteiger partial charge in [-0.2, -0.15) is 0 Å². The lowest BCUT2D eigenvalue weighted by Crippen LogP contribution is -2.65. The highest BCUT2D eigenvalue weighted by Crippen LogP contribution is 2.28. The molecular formula is C60H81N7O15. The van der Waals surface area contributed by atoms with Crippen LogP contribution in [0.4, 0.5) is 5.69 Å². The molecule has 3 atom stereocenters. The molecule has 2 aromatic heterocycles. The van der Waals surface area contributed by atoms with Gasteiger partial charge in [-0.05, 0) is 89.6 Å². The SMILES string of the molecule is CCCCCCCCN(CCCCCCCC)c1ccc2c(COC(=O)CCCC(=O)NNC(=O)[C@H](CC(=O)OC(C)(C)C)NC(=O)[C@@H]3CCCN4C(=O)CCC(NC(=O)c5cc6ccc(OC)cc6oc5=O)C(=O)N34)cc(=O)oc2c1. The Morgan fingerprint density at radius 3 is 2.13 bits per heavy atom. The number of anilines is 1. The van der Waals surface area contributed by atoms with Gasteiger partial charge in [-0.1, -0.05) is 78.1 Å². The highest BCUT2D eigenvalue weighted by molar-refractivity contribution is 6.01. The third-order valence-corrected chi connectivity index (χ3v) is 14.3. The number of amides is 6. The Morgan fingerprint density at radius 2 is 1.45 bits per heavy atom. The van der Waals surface area contributed by atoms with Crippen LogP contribution in [0, 0.1) is 0 Å². The molecule has 22 nitrogen and oxygen atoms in total. The van der Waals surface area contributed by atoms with Crippen molar-refractivity contribution in [1.82, 2.24) is 31.5 Å². The largest absolute Gasteiger partial charge is 0.497 e. The van der Waals surface area contributed by atoms with Crippen LogP contribution in [0.1, 0.15) is 179 Å².